The van der Waals surface area contributed by atoms with E-state index in [4.69, 9.17) is 39.5 Å². The molecule has 0 spiro atoms. The summed E-state index contributed by atoms with van der Waals surface area (Å²) in [5.74, 6) is 0.197. The van der Waals surface area contributed by atoms with Gasteiger partial charge in [0, 0.05) is 10.6 Å². The van der Waals surface area contributed by atoms with Gasteiger partial charge in [0.05, 0.1) is 16.3 Å². The van der Waals surface area contributed by atoms with E-state index in [1.165, 1.54) is 6.21 Å². The van der Waals surface area contributed by atoms with E-state index >= 15 is 0 Å². The molecule has 2 aromatic carbocycles. The molecule has 1 amide bonds. The van der Waals surface area contributed by atoms with Crippen molar-refractivity contribution in [3.05, 3.63) is 62.6 Å². The second-order valence-electron chi connectivity index (χ2n) is 5.05. The fraction of sp³-hybridized carbons (Fsp3) is 0.176. The van der Waals surface area contributed by atoms with E-state index in [0.717, 1.165) is 5.56 Å². The highest BCUT2D eigenvalue weighted by molar-refractivity contribution is 6.43. The second-order valence-corrected chi connectivity index (χ2v) is 6.27. The molecule has 2 rings (SSSR count). The molecule has 4 nitrogen and oxygen atoms in total. The number of aryl methyl sites for hydroxylation is 1. The Balaban J connectivity index is 1.96. The van der Waals surface area contributed by atoms with E-state index in [-0.39, 0.29) is 0 Å². The summed E-state index contributed by atoms with van der Waals surface area (Å²) in [6.07, 6.45) is 0.698. The number of nitrogens with zero attached hydrogens (tertiary/aromatic N) is 1. The molecule has 126 valence electrons. The van der Waals surface area contributed by atoms with Crippen molar-refractivity contribution < 1.29 is 9.53 Å². The second kappa shape index (κ2) is 8.38. The van der Waals surface area contributed by atoms with Gasteiger partial charge in [-0.05, 0) is 43.7 Å². The maximum atomic E-state index is 12.0. The van der Waals surface area contributed by atoms with Crippen molar-refractivity contribution in [2.24, 2.45) is 5.10 Å². The number of rotatable bonds is 5. The van der Waals surface area contributed by atoms with Gasteiger partial charge in [0.1, 0.15) is 5.75 Å². The Morgan fingerprint density at radius 2 is 2.00 bits per heavy atom. The minimum Gasteiger partial charge on any atom is -0.481 e. The fourth-order valence-corrected chi connectivity index (χ4v) is 2.45. The van der Waals surface area contributed by atoms with Crippen LogP contribution in [-0.4, -0.2) is 18.2 Å². The number of hydrazone groups is 1. The number of ether oxygens (including phenoxy) is 1. The molecule has 0 aliphatic rings. The highest BCUT2D eigenvalue weighted by Gasteiger charge is 2.15. The summed E-state index contributed by atoms with van der Waals surface area (Å²) >= 11 is 17.8. The third-order valence-electron chi connectivity index (χ3n) is 3.17. The van der Waals surface area contributed by atoms with Crippen molar-refractivity contribution in [1.29, 1.82) is 0 Å². The lowest BCUT2D eigenvalue weighted by atomic mass is 10.2. The fourth-order valence-electron chi connectivity index (χ4n) is 1.87. The van der Waals surface area contributed by atoms with Crippen LogP contribution in [0.5, 0.6) is 5.75 Å². The molecule has 0 fully saturated rings. The molecule has 0 saturated heterocycles. The van der Waals surface area contributed by atoms with Gasteiger partial charge in [-0.2, -0.15) is 5.10 Å². The molecule has 1 N–H and O–H groups in total. The third-order valence-corrected chi connectivity index (χ3v) is 4.24. The van der Waals surface area contributed by atoms with Crippen LogP contribution in [-0.2, 0) is 4.79 Å². The number of halogens is 3. The first kappa shape index (κ1) is 18.6. The lowest BCUT2D eigenvalue weighted by molar-refractivity contribution is -0.127. The zero-order valence-corrected chi connectivity index (χ0v) is 15.3. The Kier molecular flexibility index (Phi) is 6.49. The zero-order valence-electron chi connectivity index (χ0n) is 13.0. The van der Waals surface area contributed by atoms with Gasteiger partial charge in [-0.15, -0.1) is 0 Å². The first-order valence-corrected chi connectivity index (χ1v) is 8.21. The number of nitrogens with one attached hydrogen (secondary N) is 1. The number of benzene rings is 2. The molecule has 0 aliphatic heterocycles. The van der Waals surface area contributed by atoms with Gasteiger partial charge in [-0.25, -0.2) is 5.43 Å². The predicted molar refractivity (Wildman–Crippen MR) is 98.5 cm³/mol. The molecule has 1 atom stereocenters. The van der Waals surface area contributed by atoms with Gasteiger partial charge < -0.3 is 4.74 Å². The van der Waals surface area contributed by atoms with Crippen molar-refractivity contribution in [3.8, 4) is 5.75 Å². The summed E-state index contributed by atoms with van der Waals surface area (Å²) in [4.78, 5) is 12.0. The molecule has 24 heavy (non-hydrogen) atoms. The smallest absolute Gasteiger partial charge is 0.280 e. The summed E-state index contributed by atoms with van der Waals surface area (Å²) in [7, 11) is 0. The minimum absolute atomic E-state index is 0.373. The van der Waals surface area contributed by atoms with Crippen LogP contribution in [0.15, 0.2) is 41.5 Å². The topological polar surface area (TPSA) is 50.7 Å². The summed E-state index contributed by atoms with van der Waals surface area (Å²) in [5.41, 5.74) is 3.85. The zero-order chi connectivity index (χ0) is 17.7. The number of amides is 1. The first-order valence-electron chi connectivity index (χ1n) is 7.08. The quantitative estimate of drug-likeness (QED) is 0.589. The molecule has 0 aliphatic carbocycles. The van der Waals surface area contributed by atoms with E-state index in [1.807, 2.05) is 6.92 Å². The first-order chi connectivity index (χ1) is 11.4. The molecular weight excluding hydrogens is 371 g/mol. The standard InChI is InChI=1S/C17H15Cl3N2O2/c1-10-8-13(18)6-7-15(10)24-11(2)17(23)22-21-9-12-4-3-5-14(19)16(12)20/h3-9,11H,1-2H3,(H,22,23). The molecule has 7 heteroatoms. The molecule has 0 heterocycles. The SMILES string of the molecule is Cc1cc(Cl)ccc1OC(C)C(=O)NN=Cc1cccc(Cl)c1Cl. The molecule has 0 radical (unpaired) electrons. The monoisotopic (exact) mass is 384 g/mol. The Bertz CT molecular complexity index is 778. The van der Waals surface area contributed by atoms with E-state index < -0.39 is 12.0 Å². The summed E-state index contributed by atoms with van der Waals surface area (Å²) in [5, 5.41) is 5.28. The van der Waals surface area contributed by atoms with E-state index in [1.54, 1.807) is 43.3 Å². The lowest BCUT2D eigenvalue weighted by Crippen LogP contribution is -2.33. The number of hydrogen-bond acceptors (Lipinski definition) is 3. The number of carbonyl (C=O) groups is 1. The Labute approximate surface area is 155 Å². The van der Waals surface area contributed by atoms with Crippen LogP contribution in [0.25, 0.3) is 0 Å². The predicted octanol–water partition coefficient (Wildman–Crippen LogP) is 4.87. The maximum absolute atomic E-state index is 12.0. The largest absolute Gasteiger partial charge is 0.481 e. The number of carbonyl (C=O) groups excluding carboxylic acids is 1. The highest BCUT2D eigenvalue weighted by Crippen LogP contribution is 2.24. The highest BCUT2D eigenvalue weighted by atomic mass is 35.5. The van der Waals surface area contributed by atoms with Crippen molar-refractivity contribution in [2.45, 2.75) is 20.0 Å². The Hall–Kier alpha value is -1.75. The van der Waals surface area contributed by atoms with Crippen molar-refractivity contribution in [1.82, 2.24) is 5.43 Å². The summed E-state index contributed by atoms with van der Waals surface area (Å²) < 4.78 is 5.62. The third kappa shape index (κ3) is 4.87. The Morgan fingerprint density at radius 3 is 2.71 bits per heavy atom. The van der Waals surface area contributed by atoms with Gasteiger partial charge in [0.15, 0.2) is 6.10 Å². The summed E-state index contributed by atoms with van der Waals surface area (Å²) in [6.45, 7) is 3.48. The van der Waals surface area contributed by atoms with E-state index in [0.29, 0.717) is 26.4 Å². The van der Waals surface area contributed by atoms with Crippen molar-refractivity contribution in [2.75, 3.05) is 0 Å². The van der Waals surface area contributed by atoms with Crippen LogP contribution in [0.2, 0.25) is 15.1 Å². The van der Waals surface area contributed by atoms with Crippen molar-refractivity contribution >= 4 is 46.9 Å². The van der Waals surface area contributed by atoms with Crippen LogP contribution in [0.4, 0.5) is 0 Å². The number of hydrogen-bond donors (Lipinski definition) is 1. The van der Waals surface area contributed by atoms with Crippen LogP contribution in [0, 0.1) is 6.92 Å². The van der Waals surface area contributed by atoms with E-state index in [9.17, 15) is 4.79 Å². The molecule has 1 unspecified atom stereocenters. The molecular formula is C17H15Cl3N2O2. The van der Waals surface area contributed by atoms with Crippen molar-refractivity contribution in [3.63, 3.8) is 0 Å². The van der Waals surface area contributed by atoms with Crippen LogP contribution in [0.3, 0.4) is 0 Å². The average molecular weight is 386 g/mol. The van der Waals surface area contributed by atoms with E-state index in [2.05, 4.69) is 10.5 Å². The van der Waals surface area contributed by atoms with Crippen LogP contribution in [0.1, 0.15) is 18.1 Å². The van der Waals surface area contributed by atoms with Crippen LogP contribution >= 0.6 is 34.8 Å². The molecule has 0 bridgehead atoms. The molecule has 2 aromatic rings. The van der Waals surface area contributed by atoms with Crippen LogP contribution < -0.4 is 10.2 Å². The Morgan fingerprint density at radius 1 is 1.25 bits per heavy atom. The van der Waals surface area contributed by atoms with Gasteiger partial charge in [-0.3, -0.25) is 4.79 Å². The molecule has 0 aromatic heterocycles. The van der Waals surface area contributed by atoms with Gasteiger partial charge in [0.2, 0.25) is 0 Å². The average Bonchev–Trinajstić information content (AvgIpc) is 2.54. The minimum atomic E-state index is -0.725. The molecule has 0 saturated carbocycles. The normalized spacial score (nSPS) is 12.2. The van der Waals surface area contributed by atoms with Gasteiger partial charge in [0.25, 0.3) is 5.91 Å². The summed E-state index contributed by atoms with van der Waals surface area (Å²) in [6, 6.07) is 10.3. The van der Waals surface area contributed by atoms with Gasteiger partial charge >= 0.3 is 0 Å². The maximum Gasteiger partial charge on any atom is 0.280 e. The van der Waals surface area contributed by atoms with Gasteiger partial charge in [-0.1, -0.05) is 46.9 Å². The lowest BCUT2D eigenvalue weighted by Gasteiger charge is -2.14.